The zero-order valence-electron chi connectivity index (χ0n) is 18.9. The quantitative estimate of drug-likeness (QED) is 0.330. The number of hydrogen-bond acceptors (Lipinski definition) is 4. The van der Waals surface area contributed by atoms with Crippen molar-refractivity contribution in [3.8, 4) is 18.1 Å². The van der Waals surface area contributed by atoms with Gasteiger partial charge in [-0.05, 0) is 68.0 Å². The van der Waals surface area contributed by atoms with Crippen LogP contribution in [0.15, 0.2) is 53.5 Å². The molecular formula is C28H28N2O2S. The second-order valence-electron chi connectivity index (χ2n) is 8.21. The van der Waals surface area contributed by atoms with Gasteiger partial charge in [0.1, 0.15) is 17.4 Å². The first-order chi connectivity index (χ1) is 16.2. The molecule has 1 amide bonds. The van der Waals surface area contributed by atoms with Gasteiger partial charge in [0, 0.05) is 22.3 Å². The molecule has 4 nitrogen and oxygen atoms in total. The molecule has 5 heteroatoms. The van der Waals surface area contributed by atoms with Gasteiger partial charge < -0.3 is 10.1 Å². The third-order valence-electron chi connectivity index (χ3n) is 5.71. The van der Waals surface area contributed by atoms with E-state index in [4.69, 9.17) is 16.2 Å². The number of terminal acetylenes is 1. The highest BCUT2D eigenvalue weighted by molar-refractivity contribution is 7.16. The maximum Gasteiger partial charge on any atom is 0.259 e. The number of para-hydroxylation sites is 1. The van der Waals surface area contributed by atoms with E-state index < -0.39 is 0 Å². The van der Waals surface area contributed by atoms with Crippen molar-refractivity contribution in [3.63, 3.8) is 0 Å². The number of amides is 1. The summed E-state index contributed by atoms with van der Waals surface area (Å²) in [7, 11) is 0. The van der Waals surface area contributed by atoms with E-state index in [2.05, 4.69) is 11.2 Å². The minimum Gasteiger partial charge on any atom is -0.480 e. The van der Waals surface area contributed by atoms with Crippen LogP contribution in [0, 0.1) is 19.3 Å². The normalized spacial score (nSPS) is 13.6. The molecule has 3 aromatic rings. The van der Waals surface area contributed by atoms with Crippen LogP contribution in [-0.2, 0) is 12.8 Å². The molecule has 0 bridgehead atoms. The lowest BCUT2D eigenvalue weighted by atomic mass is 9.96. The van der Waals surface area contributed by atoms with Crippen LogP contribution in [-0.4, -0.2) is 18.7 Å². The summed E-state index contributed by atoms with van der Waals surface area (Å²) in [6.45, 7) is 2.22. The van der Waals surface area contributed by atoms with Crippen molar-refractivity contribution < 1.29 is 9.53 Å². The topological polar surface area (TPSA) is 50.7 Å². The van der Waals surface area contributed by atoms with Crippen molar-refractivity contribution in [2.24, 2.45) is 4.99 Å². The van der Waals surface area contributed by atoms with Gasteiger partial charge >= 0.3 is 0 Å². The third kappa shape index (κ3) is 5.71. The molecule has 0 spiro atoms. The molecule has 0 unspecified atom stereocenters. The molecule has 4 rings (SSSR count). The summed E-state index contributed by atoms with van der Waals surface area (Å²) >= 11 is 1.64. The van der Waals surface area contributed by atoms with E-state index in [0.717, 1.165) is 53.1 Å². The van der Waals surface area contributed by atoms with Gasteiger partial charge in [0.05, 0.1) is 5.56 Å². The van der Waals surface area contributed by atoms with Gasteiger partial charge in [-0.25, -0.2) is 4.99 Å². The molecule has 1 heterocycles. The Morgan fingerprint density at radius 2 is 1.97 bits per heavy atom. The van der Waals surface area contributed by atoms with E-state index in [1.807, 2.05) is 55.5 Å². The van der Waals surface area contributed by atoms with Crippen molar-refractivity contribution in [2.45, 2.75) is 45.4 Å². The van der Waals surface area contributed by atoms with Gasteiger partial charge in [0.25, 0.3) is 5.91 Å². The predicted molar refractivity (Wildman–Crippen MR) is 137 cm³/mol. The van der Waals surface area contributed by atoms with Crippen LogP contribution in [0.3, 0.4) is 0 Å². The second-order valence-corrected chi connectivity index (χ2v) is 9.29. The Morgan fingerprint density at radius 1 is 1.15 bits per heavy atom. The maximum atomic E-state index is 13.5. The summed E-state index contributed by atoms with van der Waals surface area (Å²) in [6.07, 6.45) is 13.7. The van der Waals surface area contributed by atoms with Gasteiger partial charge in [-0.1, -0.05) is 43.0 Å². The number of fused-ring (bicyclic) bond motifs is 1. The third-order valence-corrected chi connectivity index (χ3v) is 6.91. The number of ether oxygens (including phenoxy) is 1. The SMILES string of the molecule is C#CCOc1ccccc1C=Nc1sc2c(c1C(=O)Nc1cccc(C)c1)CCCCCC2. The summed E-state index contributed by atoms with van der Waals surface area (Å²) in [6, 6.07) is 15.5. The fraction of sp³-hybridized carbons (Fsp3) is 0.286. The van der Waals surface area contributed by atoms with Crippen molar-refractivity contribution in [3.05, 3.63) is 75.7 Å². The van der Waals surface area contributed by atoms with Gasteiger partial charge in [-0.15, -0.1) is 17.8 Å². The molecular weight excluding hydrogens is 428 g/mol. The van der Waals surface area contributed by atoms with E-state index in [1.165, 1.54) is 17.7 Å². The zero-order valence-corrected chi connectivity index (χ0v) is 19.7. The van der Waals surface area contributed by atoms with Crippen LogP contribution in [0.25, 0.3) is 0 Å². The first kappa shape index (κ1) is 22.8. The van der Waals surface area contributed by atoms with Crippen molar-refractivity contribution in [1.29, 1.82) is 0 Å². The van der Waals surface area contributed by atoms with Crippen LogP contribution in [0.5, 0.6) is 5.75 Å². The minimum absolute atomic E-state index is 0.0947. The Labute approximate surface area is 199 Å². The molecule has 33 heavy (non-hydrogen) atoms. The zero-order chi connectivity index (χ0) is 23.0. The Balaban J connectivity index is 1.70. The van der Waals surface area contributed by atoms with Crippen LogP contribution in [0.1, 0.15) is 57.6 Å². The number of benzene rings is 2. The maximum absolute atomic E-state index is 13.5. The predicted octanol–water partition coefficient (Wildman–Crippen LogP) is 6.73. The Hall–Kier alpha value is -3.36. The summed E-state index contributed by atoms with van der Waals surface area (Å²) in [4.78, 5) is 19.5. The van der Waals surface area contributed by atoms with Crippen molar-refractivity contribution in [1.82, 2.24) is 0 Å². The average molecular weight is 457 g/mol. The highest BCUT2D eigenvalue weighted by Gasteiger charge is 2.24. The average Bonchev–Trinajstić information content (AvgIpc) is 3.13. The monoisotopic (exact) mass is 456 g/mol. The van der Waals surface area contributed by atoms with Gasteiger partial charge in [0.2, 0.25) is 0 Å². The molecule has 0 saturated carbocycles. The molecule has 1 aliphatic carbocycles. The standard InChI is InChI=1S/C28H28N2O2S/c1-3-17-32-24-15-9-8-12-21(24)19-29-28-26(23-14-6-4-5-7-16-25(23)33-28)27(31)30-22-13-10-11-20(2)18-22/h1,8-13,15,18-19H,4-7,14,16-17H2,2H3,(H,30,31). The van der Waals surface area contributed by atoms with Crippen LogP contribution < -0.4 is 10.1 Å². The number of anilines is 1. The summed E-state index contributed by atoms with van der Waals surface area (Å²) in [5, 5.41) is 3.85. The Morgan fingerprint density at radius 3 is 2.79 bits per heavy atom. The number of aliphatic imine (C=N–C) groups is 1. The van der Waals surface area contributed by atoms with Gasteiger partial charge in [-0.3, -0.25) is 4.79 Å². The number of thiophene rings is 1. The first-order valence-electron chi connectivity index (χ1n) is 11.4. The molecule has 0 saturated heterocycles. The molecule has 0 fully saturated rings. The van der Waals surface area contributed by atoms with Crippen molar-refractivity contribution in [2.75, 3.05) is 11.9 Å². The number of carbonyl (C=O) groups is 1. The van der Waals surface area contributed by atoms with Gasteiger partial charge in [-0.2, -0.15) is 0 Å². The largest absolute Gasteiger partial charge is 0.480 e. The van der Waals surface area contributed by atoms with Crippen molar-refractivity contribution >= 4 is 34.1 Å². The van der Waals surface area contributed by atoms with Gasteiger partial charge in [0.15, 0.2) is 0 Å². The first-order valence-corrected chi connectivity index (χ1v) is 12.2. The number of hydrogen-bond donors (Lipinski definition) is 1. The number of nitrogens with zero attached hydrogens (tertiary/aromatic N) is 1. The lowest BCUT2D eigenvalue weighted by Gasteiger charge is -2.12. The molecule has 0 aliphatic heterocycles. The molecule has 1 N–H and O–H groups in total. The highest BCUT2D eigenvalue weighted by Crippen LogP contribution is 2.39. The molecule has 1 aliphatic rings. The van der Waals surface area contributed by atoms with E-state index in [-0.39, 0.29) is 12.5 Å². The van der Waals surface area contributed by atoms with Crippen LogP contribution >= 0.6 is 11.3 Å². The Bertz CT molecular complexity index is 1200. The number of rotatable bonds is 6. The molecule has 1 aromatic heterocycles. The molecule has 168 valence electrons. The highest BCUT2D eigenvalue weighted by atomic mass is 32.1. The molecule has 2 aromatic carbocycles. The second kappa shape index (κ2) is 11.0. The lowest BCUT2D eigenvalue weighted by Crippen LogP contribution is -2.14. The van der Waals surface area contributed by atoms with E-state index in [0.29, 0.717) is 11.3 Å². The lowest BCUT2D eigenvalue weighted by molar-refractivity contribution is 0.102. The number of carbonyl (C=O) groups excluding carboxylic acids is 1. The minimum atomic E-state index is -0.0947. The summed E-state index contributed by atoms with van der Waals surface area (Å²) in [5.41, 5.74) is 4.60. The Kier molecular flexibility index (Phi) is 7.59. The number of nitrogens with one attached hydrogen (secondary N) is 1. The smallest absolute Gasteiger partial charge is 0.259 e. The number of aryl methyl sites for hydroxylation is 2. The molecule has 0 atom stereocenters. The summed E-state index contributed by atoms with van der Waals surface area (Å²) < 4.78 is 5.65. The molecule has 0 radical (unpaired) electrons. The fourth-order valence-corrected chi connectivity index (χ4v) is 5.34. The van der Waals surface area contributed by atoms with Crippen LogP contribution in [0.2, 0.25) is 0 Å². The van der Waals surface area contributed by atoms with Crippen LogP contribution in [0.4, 0.5) is 10.7 Å². The fourth-order valence-electron chi connectivity index (χ4n) is 4.11. The van der Waals surface area contributed by atoms with E-state index in [9.17, 15) is 4.79 Å². The van der Waals surface area contributed by atoms with E-state index >= 15 is 0 Å². The summed E-state index contributed by atoms with van der Waals surface area (Å²) in [5.74, 6) is 3.08. The van der Waals surface area contributed by atoms with E-state index in [1.54, 1.807) is 17.6 Å².